The van der Waals surface area contributed by atoms with Gasteiger partial charge in [-0.1, -0.05) is 35.4 Å². The van der Waals surface area contributed by atoms with Gasteiger partial charge in [-0.25, -0.2) is 0 Å². The summed E-state index contributed by atoms with van der Waals surface area (Å²) >= 11 is 0. The SMILES string of the molecule is CCNC(CSSCC(NCC)C(F)(F)F)C(F)(F)F. The third-order valence-electron chi connectivity index (χ3n) is 2.24. The molecule has 0 aromatic carbocycles. The van der Waals surface area contributed by atoms with Crippen molar-refractivity contribution in [2.45, 2.75) is 38.3 Å². The third kappa shape index (κ3) is 8.48. The molecule has 0 aliphatic heterocycles. The molecule has 2 nitrogen and oxygen atoms in total. The summed E-state index contributed by atoms with van der Waals surface area (Å²) in [4.78, 5) is 0. The largest absolute Gasteiger partial charge is 0.404 e. The maximum absolute atomic E-state index is 12.5. The van der Waals surface area contributed by atoms with E-state index in [0.29, 0.717) is 0 Å². The Morgan fingerprint density at radius 1 is 0.750 bits per heavy atom. The smallest absolute Gasteiger partial charge is 0.306 e. The highest BCUT2D eigenvalue weighted by atomic mass is 33.1. The lowest BCUT2D eigenvalue weighted by Crippen LogP contribution is -2.44. The predicted molar refractivity (Wildman–Crippen MR) is 72.0 cm³/mol. The summed E-state index contributed by atoms with van der Waals surface area (Å²) < 4.78 is 75.2. The molecule has 0 bridgehead atoms. The summed E-state index contributed by atoms with van der Waals surface area (Å²) in [6.07, 6.45) is -8.79. The Hall–Kier alpha value is 0.200. The molecule has 0 rings (SSSR count). The Labute approximate surface area is 122 Å². The Morgan fingerprint density at radius 2 is 1.05 bits per heavy atom. The summed E-state index contributed by atoms with van der Waals surface area (Å²) in [5, 5.41) is 4.54. The maximum atomic E-state index is 12.5. The van der Waals surface area contributed by atoms with Gasteiger partial charge in [0.25, 0.3) is 0 Å². The summed E-state index contributed by atoms with van der Waals surface area (Å²) in [6.45, 7) is 3.39. The van der Waals surface area contributed by atoms with Gasteiger partial charge in [0.1, 0.15) is 12.1 Å². The first-order valence-corrected chi connectivity index (χ1v) is 8.46. The first-order valence-electron chi connectivity index (χ1n) is 5.97. The molecule has 2 unspecified atom stereocenters. The van der Waals surface area contributed by atoms with Gasteiger partial charge >= 0.3 is 12.4 Å². The number of nitrogens with one attached hydrogen (secondary N) is 2. The van der Waals surface area contributed by atoms with Crippen LogP contribution in [0.1, 0.15) is 13.8 Å². The zero-order chi connectivity index (χ0) is 15.8. The molecule has 0 saturated heterocycles. The highest BCUT2D eigenvalue weighted by Crippen LogP contribution is 2.31. The highest BCUT2D eigenvalue weighted by Gasteiger charge is 2.40. The van der Waals surface area contributed by atoms with E-state index < -0.39 is 24.4 Å². The van der Waals surface area contributed by atoms with Crippen LogP contribution < -0.4 is 10.6 Å². The molecule has 0 fully saturated rings. The van der Waals surface area contributed by atoms with E-state index in [9.17, 15) is 26.3 Å². The lowest BCUT2D eigenvalue weighted by Gasteiger charge is -2.22. The van der Waals surface area contributed by atoms with E-state index in [1.54, 1.807) is 13.8 Å². The minimum Gasteiger partial charge on any atom is -0.306 e. The van der Waals surface area contributed by atoms with Crippen LogP contribution in [0.25, 0.3) is 0 Å². The molecule has 20 heavy (non-hydrogen) atoms. The Kier molecular flexibility index (Phi) is 9.36. The quantitative estimate of drug-likeness (QED) is 0.380. The Morgan fingerprint density at radius 3 is 1.25 bits per heavy atom. The third-order valence-corrected chi connectivity index (χ3v) is 4.67. The monoisotopic (exact) mass is 344 g/mol. The number of alkyl halides is 6. The number of rotatable bonds is 9. The molecule has 2 N–H and O–H groups in total. The number of hydrogen-bond donors (Lipinski definition) is 2. The molecule has 0 saturated carbocycles. The van der Waals surface area contributed by atoms with Crippen LogP contribution in [-0.4, -0.2) is 49.0 Å². The van der Waals surface area contributed by atoms with Crippen molar-refractivity contribution >= 4 is 21.6 Å². The van der Waals surface area contributed by atoms with E-state index in [1.165, 1.54) is 0 Å². The van der Waals surface area contributed by atoms with Gasteiger partial charge in [-0.3, -0.25) is 0 Å². The second-order valence-corrected chi connectivity index (χ2v) is 6.43. The van der Waals surface area contributed by atoms with Crippen molar-refractivity contribution in [3.63, 3.8) is 0 Å². The predicted octanol–water partition coefficient (Wildman–Crippen LogP) is 3.45. The van der Waals surface area contributed by atoms with Gasteiger partial charge < -0.3 is 10.6 Å². The van der Waals surface area contributed by atoms with Gasteiger partial charge in [-0.15, -0.1) is 0 Å². The van der Waals surface area contributed by atoms with E-state index >= 15 is 0 Å². The van der Waals surface area contributed by atoms with E-state index in [0.717, 1.165) is 21.6 Å². The number of hydrogen-bond acceptors (Lipinski definition) is 4. The van der Waals surface area contributed by atoms with Crippen LogP contribution in [0.2, 0.25) is 0 Å². The second-order valence-electron chi connectivity index (χ2n) is 3.87. The molecule has 0 aromatic rings. The standard InChI is InChI=1S/C10H18F6N2S2/c1-3-17-7(9(11,12)13)5-19-20-6-8(18-4-2)10(14,15)16/h7-8,17-18H,3-6H2,1-2H3. The van der Waals surface area contributed by atoms with Gasteiger partial charge in [-0.2, -0.15) is 26.3 Å². The van der Waals surface area contributed by atoms with Crippen molar-refractivity contribution in [2.75, 3.05) is 24.6 Å². The van der Waals surface area contributed by atoms with Gasteiger partial charge in [0, 0.05) is 11.5 Å². The van der Waals surface area contributed by atoms with Gasteiger partial charge in [0.2, 0.25) is 0 Å². The van der Waals surface area contributed by atoms with Crippen LogP contribution in [0, 0.1) is 0 Å². The average molecular weight is 344 g/mol. The maximum Gasteiger partial charge on any atom is 0.404 e. The summed E-state index contributed by atoms with van der Waals surface area (Å²) in [7, 11) is 1.59. The first kappa shape index (κ1) is 20.2. The molecule has 0 spiro atoms. The summed E-state index contributed by atoms with van der Waals surface area (Å²) in [5.74, 6) is -0.641. The Balaban J connectivity index is 4.15. The minimum atomic E-state index is -4.39. The van der Waals surface area contributed by atoms with Crippen molar-refractivity contribution in [2.24, 2.45) is 0 Å². The molecule has 122 valence electrons. The zero-order valence-corrected chi connectivity index (χ0v) is 12.7. The van der Waals surface area contributed by atoms with Gasteiger partial charge in [0.05, 0.1) is 0 Å². The molecule has 0 aromatic heterocycles. The fourth-order valence-corrected chi connectivity index (χ4v) is 3.74. The van der Waals surface area contributed by atoms with Gasteiger partial charge in [0.15, 0.2) is 0 Å². The topological polar surface area (TPSA) is 24.1 Å². The fraction of sp³-hybridized carbons (Fsp3) is 1.00. The van der Waals surface area contributed by atoms with E-state index in [4.69, 9.17) is 0 Å². The van der Waals surface area contributed by atoms with Crippen molar-refractivity contribution in [1.29, 1.82) is 0 Å². The lowest BCUT2D eigenvalue weighted by atomic mass is 10.3. The Bertz CT molecular complexity index is 233. The first-order chi connectivity index (χ1) is 9.12. The van der Waals surface area contributed by atoms with Crippen LogP contribution in [0.4, 0.5) is 26.3 Å². The van der Waals surface area contributed by atoms with E-state index in [-0.39, 0.29) is 24.6 Å². The fourth-order valence-electron chi connectivity index (χ4n) is 1.26. The highest BCUT2D eigenvalue weighted by molar-refractivity contribution is 8.76. The van der Waals surface area contributed by atoms with Crippen molar-refractivity contribution in [3.8, 4) is 0 Å². The normalized spacial score (nSPS) is 16.2. The van der Waals surface area contributed by atoms with Crippen LogP contribution in [0.3, 0.4) is 0 Å². The molecule has 0 heterocycles. The molecular weight excluding hydrogens is 326 g/mol. The van der Waals surface area contributed by atoms with Crippen molar-refractivity contribution in [1.82, 2.24) is 10.6 Å². The van der Waals surface area contributed by atoms with Gasteiger partial charge in [-0.05, 0) is 13.1 Å². The van der Waals surface area contributed by atoms with Crippen molar-refractivity contribution in [3.05, 3.63) is 0 Å². The summed E-state index contributed by atoms with van der Waals surface area (Å²) in [6, 6.07) is -3.40. The molecule has 0 aliphatic rings. The van der Waals surface area contributed by atoms with Crippen molar-refractivity contribution < 1.29 is 26.3 Å². The molecule has 0 amide bonds. The average Bonchev–Trinajstić information content (AvgIpc) is 2.28. The molecule has 0 aliphatic carbocycles. The zero-order valence-electron chi connectivity index (χ0n) is 11.1. The van der Waals surface area contributed by atoms with Crippen LogP contribution in [-0.2, 0) is 0 Å². The molecular formula is C10H18F6N2S2. The van der Waals surface area contributed by atoms with Crippen LogP contribution in [0.15, 0.2) is 0 Å². The minimum absolute atomic E-state index is 0.151. The summed E-state index contributed by atoms with van der Waals surface area (Å²) in [5.41, 5.74) is 0. The van der Waals surface area contributed by atoms with Crippen LogP contribution in [0.5, 0.6) is 0 Å². The molecule has 10 heteroatoms. The van der Waals surface area contributed by atoms with E-state index in [1.807, 2.05) is 0 Å². The number of halogens is 6. The molecule has 0 radical (unpaired) electrons. The molecule has 2 atom stereocenters. The lowest BCUT2D eigenvalue weighted by molar-refractivity contribution is -0.150. The second kappa shape index (κ2) is 9.26. The van der Waals surface area contributed by atoms with E-state index in [2.05, 4.69) is 10.6 Å². The van der Waals surface area contributed by atoms with Crippen LogP contribution >= 0.6 is 21.6 Å².